The van der Waals surface area contributed by atoms with Gasteiger partial charge in [0.25, 0.3) is 0 Å². The molecule has 4 N–H and O–H groups in total. The summed E-state index contributed by atoms with van der Waals surface area (Å²) >= 11 is 0. The van der Waals surface area contributed by atoms with Crippen molar-refractivity contribution in [3.8, 4) is 0 Å². The first kappa shape index (κ1) is 12.8. The van der Waals surface area contributed by atoms with E-state index >= 15 is 0 Å². The standard InChI is InChI=1S/C12H15F2N3O/c13-8-3-4-9(11(15)10(8)14)17-12(18)7-2-1-5-16-6-7/h3-4,7,16H,1-2,5-6,15H2,(H,17,18). The molecule has 0 bridgehead atoms. The summed E-state index contributed by atoms with van der Waals surface area (Å²) in [6.45, 7) is 1.49. The molecule has 1 atom stereocenters. The molecule has 1 aromatic carbocycles. The number of nitrogens with two attached hydrogens (primary N) is 1. The minimum atomic E-state index is -1.13. The number of nitrogen functional groups attached to an aromatic ring is 1. The quantitative estimate of drug-likeness (QED) is 0.701. The maximum atomic E-state index is 13.2. The Kier molecular flexibility index (Phi) is 3.76. The van der Waals surface area contributed by atoms with E-state index in [1.165, 1.54) is 6.07 Å². The molecule has 0 aliphatic carbocycles. The number of carbonyl (C=O) groups excluding carboxylic acids is 1. The van der Waals surface area contributed by atoms with Crippen LogP contribution in [0.1, 0.15) is 12.8 Å². The van der Waals surface area contributed by atoms with E-state index in [0.29, 0.717) is 6.54 Å². The fourth-order valence-electron chi connectivity index (χ4n) is 1.99. The highest BCUT2D eigenvalue weighted by Crippen LogP contribution is 2.25. The lowest BCUT2D eigenvalue weighted by atomic mass is 9.99. The van der Waals surface area contributed by atoms with Gasteiger partial charge in [-0.1, -0.05) is 0 Å². The van der Waals surface area contributed by atoms with Crippen LogP contribution in [-0.4, -0.2) is 19.0 Å². The van der Waals surface area contributed by atoms with Gasteiger partial charge in [0, 0.05) is 6.54 Å². The van der Waals surface area contributed by atoms with Crippen molar-refractivity contribution >= 4 is 17.3 Å². The summed E-state index contributed by atoms with van der Waals surface area (Å²) in [5.74, 6) is -2.54. The molecule has 1 saturated heterocycles. The molecule has 1 unspecified atom stereocenters. The van der Waals surface area contributed by atoms with Crippen molar-refractivity contribution in [3.05, 3.63) is 23.8 Å². The zero-order valence-corrected chi connectivity index (χ0v) is 9.80. The summed E-state index contributed by atoms with van der Waals surface area (Å²) in [5.41, 5.74) is 5.16. The van der Waals surface area contributed by atoms with Gasteiger partial charge in [-0.2, -0.15) is 0 Å². The minimum Gasteiger partial charge on any atom is -0.395 e. The van der Waals surface area contributed by atoms with E-state index < -0.39 is 11.6 Å². The molecule has 98 valence electrons. The lowest BCUT2D eigenvalue weighted by molar-refractivity contribution is -0.120. The number of benzene rings is 1. The van der Waals surface area contributed by atoms with Crippen molar-refractivity contribution in [1.82, 2.24) is 5.32 Å². The van der Waals surface area contributed by atoms with Crippen LogP contribution in [0.3, 0.4) is 0 Å². The van der Waals surface area contributed by atoms with Gasteiger partial charge >= 0.3 is 0 Å². The van der Waals surface area contributed by atoms with E-state index in [1.807, 2.05) is 0 Å². The van der Waals surface area contributed by atoms with Gasteiger partial charge in [-0.25, -0.2) is 8.78 Å². The number of halogens is 2. The van der Waals surface area contributed by atoms with Gasteiger partial charge < -0.3 is 16.4 Å². The molecular weight excluding hydrogens is 240 g/mol. The Hall–Kier alpha value is -1.69. The number of piperidine rings is 1. The molecule has 1 aromatic rings. The smallest absolute Gasteiger partial charge is 0.228 e. The third kappa shape index (κ3) is 2.59. The van der Waals surface area contributed by atoms with Crippen molar-refractivity contribution < 1.29 is 13.6 Å². The summed E-state index contributed by atoms with van der Waals surface area (Å²) in [6, 6.07) is 2.21. The fourth-order valence-corrected chi connectivity index (χ4v) is 1.99. The summed E-state index contributed by atoms with van der Waals surface area (Å²) in [4.78, 5) is 11.9. The Labute approximate surface area is 104 Å². The monoisotopic (exact) mass is 255 g/mol. The predicted molar refractivity (Wildman–Crippen MR) is 65.0 cm³/mol. The van der Waals surface area contributed by atoms with Crippen LogP contribution >= 0.6 is 0 Å². The highest BCUT2D eigenvalue weighted by Gasteiger charge is 2.22. The Balaban J connectivity index is 2.09. The third-order valence-corrected chi connectivity index (χ3v) is 3.06. The van der Waals surface area contributed by atoms with E-state index in [0.717, 1.165) is 25.5 Å². The normalized spacial score (nSPS) is 19.6. The number of carbonyl (C=O) groups is 1. The summed E-state index contributed by atoms with van der Waals surface area (Å²) in [5, 5.41) is 5.65. The predicted octanol–water partition coefficient (Wildman–Crippen LogP) is 1.49. The van der Waals surface area contributed by atoms with E-state index in [2.05, 4.69) is 10.6 Å². The molecule has 6 heteroatoms. The number of hydrogen-bond donors (Lipinski definition) is 3. The first-order valence-electron chi connectivity index (χ1n) is 5.84. The van der Waals surface area contributed by atoms with Crippen molar-refractivity contribution in [1.29, 1.82) is 0 Å². The van der Waals surface area contributed by atoms with Gasteiger partial charge in [0.1, 0.15) is 0 Å². The van der Waals surface area contributed by atoms with Gasteiger partial charge in [0.05, 0.1) is 17.3 Å². The van der Waals surface area contributed by atoms with Crippen molar-refractivity contribution in [3.63, 3.8) is 0 Å². The Morgan fingerprint density at radius 3 is 2.89 bits per heavy atom. The SMILES string of the molecule is Nc1c(NC(=O)C2CCCNC2)ccc(F)c1F. The molecule has 0 spiro atoms. The third-order valence-electron chi connectivity index (χ3n) is 3.06. The van der Waals surface area contributed by atoms with Gasteiger partial charge in [-0.05, 0) is 31.5 Å². The van der Waals surface area contributed by atoms with Gasteiger partial charge in [-0.3, -0.25) is 4.79 Å². The number of hydrogen-bond acceptors (Lipinski definition) is 3. The Morgan fingerprint density at radius 2 is 2.22 bits per heavy atom. The van der Waals surface area contributed by atoms with Crippen LogP contribution in [0.2, 0.25) is 0 Å². The number of anilines is 2. The minimum absolute atomic E-state index is 0.115. The fraction of sp³-hybridized carbons (Fsp3) is 0.417. The molecule has 1 aliphatic rings. The van der Waals surface area contributed by atoms with Crippen LogP contribution in [0.5, 0.6) is 0 Å². The highest BCUT2D eigenvalue weighted by atomic mass is 19.2. The van der Waals surface area contributed by atoms with Crippen LogP contribution in [-0.2, 0) is 4.79 Å². The molecule has 2 rings (SSSR count). The van der Waals surface area contributed by atoms with E-state index in [1.54, 1.807) is 0 Å². The van der Waals surface area contributed by atoms with Crippen LogP contribution in [0.4, 0.5) is 20.2 Å². The van der Waals surface area contributed by atoms with E-state index in [-0.39, 0.29) is 23.2 Å². The van der Waals surface area contributed by atoms with Crippen molar-refractivity contribution in [2.45, 2.75) is 12.8 Å². The van der Waals surface area contributed by atoms with Crippen LogP contribution in [0.15, 0.2) is 12.1 Å². The van der Waals surface area contributed by atoms with Crippen molar-refractivity contribution in [2.24, 2.45) is 5.92 Å². The first-order valence-corrected chi connectivity index (χ1v) is 5.84. The van der Waals surface area contributed by atoms with Gasteiger partial charge in [-0.15, -0.1) is 0 Å². The Morgan fingerprint density at radius 1 is 1.44 bits per heavy atom. The molecule has 4 nitrogen and oxygen atoms in total. The van der Waals surface area contributed by atoms with E-state index in [4.69, 9.17) is 5.73 Å². The molecule has 1 amide bonds. The van der Waals surface area contributed by atoms with Crippen LogP contribution in [0, 0.1) is 17.6 Å². The summed E-state index contributed by atoms with van der Waals surface area (Å²) in [6.07, 6.45) is 1.70. The average Bonchev–Trinajstić information content (AvgIpc) is 2.40. The molecule has 1 heterocycles. The topological polar surface area (TPSA) is 67.1 Å². The average molecular weight is 255 g/mol. The second kappa shape index (κ2) is 5.30. The summed E-state index contributed by atoms with van der Waals surface area (Å²) in [7, 11) is 0. The summed E-state index contributed by atoms with van der Waals surface area (Å²) < 4.78 is 26.1. The maximum absolute atomic E-state index is 13.2. The first-order chi connectivity index (χ1) is 8.59. The molecular formula is C12H15F2N3O. The molecule has 0 radical (unpaired) electrons. The van der Waals surface area contributed by atoms with E-state index in [9.17, 15) is 13.6 Å². The largest absolute Gasteiger partial charge is 0.395 e. The van der Waals surface area contributed by atoms with Crippen LogP contribution < -0.4 is 16.4 Å². The zero-order chi connectivity index (χ0) is 13.1. The number of nitrogens with one attached hydrogen (secondary N) is 2. The number of rotatable bonds is 2. The maximum Gasteiger partial charge on any atom is 0.228 e. The lowest BCUT2D eigenvalue weighted by Crippen LogP contribution is -2.37. The Bertz CT molecular complexity index is 459. The zero-order valence-electron chi connectivity index (χ0n) is 9.80. The molecule has 1 aliphatic heterocycles. The molecule has 18 heavy (non-hydrogen) atoms. The number of amides is 1. The molecule has 1 fully saturated rings. The van der Waals surface area contributed by atoms with Crippen LogP contribution in [0.25, 0.3) is 0 Å². The molecule has 0 aromatic heterocycles. The second-order valence-corrected chi connectivity index (χ2v) is 4.36. The van der Waals surface area contributed by atoms with Gasteiger partial charge in [0.15, 0.2) is 11.6 Å². The van der Waals surface area contributed by atoms with Gasteiger partial charge in [0.2, 0.25) is 5.91 Å². The van der Waals surface area contributed by atoms with Crippen molar-refractivity contribution in [2.75, 3.05) is 24.1 Å². The lowest BCUT2D eigenvalue weighted by Gasteiger charge is -2.22. The highest BCUT2D eigenvalue weighted by molar-refractivity contribution is 5.95. The second-order valence-electron chi connectivity index (χ2n) is 4.36. The molecule has 0 saturated carbocycles.